The number of thiazole rings is 1. The van der Waals surface area contributed by atoms with Crippen LogP contribution in [0.5, 0.6) is 0 Å². The molecule has 0 aromatic carbocycles. The van der Waals surface area contributed by atoms with Gasteiger partial charge >= 0.3 is 5.97 Å². The van der Waals surface area contributed by atoms with Crippen LogP contribution in [0.1, 0.15) is 59.4 Å². The van der Waals surface area contributed by atoms with Gasteiger partial charge in [0.25, 0.3) is 5.56 Å². The van der Waals surface area contributed by atoms with Gasteiger partial charge in [-0.15, -0.1) is 0 Å². The van der Waals surface area contributed by atoms with Gasteiger partial charge in [0.05, 0.1) is 28.5 Å². The second-order valence-electron chi connectivity index (χ2n) is 5.55. The lowest BCUT2D eigenvalue weighted by Crippen LogP contribution is -2.39. The summed E-state index contributed by atoms with van der Waals surface area (Å²) in [6.45, 7) is 8.04. The summed E-state index contributed by atoms with van der Waals surface area (Å²) in [7, 11) is 0. The average Bonchev–Trinajstić information content (AvgIpc) is 2.81. The molecule has 0 saturated carbocycles. The fourth-order valence-electron chi connectivity index (χ4n) is 2.77. The van der Waals surface area contributed by atoms with E-state index >= 15 is 0 Å². The maximum absolute atomic E-state index is 12.7. The smallest absolute Gasteiger partial charge is 0.337 e. The van der Waals surface area contributed by atoms with Gasteiger partial charge in [-0.1, -0.05) is 44.1 Å². The van der Waals surface area contributed by atoms with E-state index in [4.69, 9.17) is 4.74 Å². The Morgan fingerprint density at radius 2 is 2.09 bits per heavy atom. The predicted molar refractivity (Wildman–Crippen MR) is 92.0 cm³/mol. The van der Waals surface area contributed by atoms with E-state index in [1.54, 1.807) is 11.5 Å². The number of unbranched alkanes of at least 4 members (excludes halogenated alkanes) is 1. The summed E-state index contributed by atoms with van der Waals surface area (Å²) < 4.78 is 7.57. The van der Waals surface area contributed by atoms with Gasteiger partial charge in [0.2, 0.25) is 0 Å². The second kappa shape index (κ2) is 7.73. The zero-order valence-corrected chi connectivity index (χ0v) is 15.0. The number of nitrogens with zero attached hydrogens (tertiary/aromatic N) is 2. The predicted octanol–water partition coefficient (Wildman–Crippen LogP) is 2.30. The molecule has 0 unspecified atom stereocenters. The highest BCUT2D eigenvalue weighted by molar-refractivity contribution is 7.07. The van der Waals surface area contributed by atoms with Crippen molar-refractivity contribution < 1.29 is 9.53 Å². The second-order valence-corrected chi connectivity index (χ2v) is 6.56. The fourth-order valence-corrected chi connectivity index (χ4v) is 3.84. The van der Waals surface area contributed by atoms with Crippen LogP contribution in [0.15, 0.2) is 21.1 Å². The molecule has 0 N–H and O–H groups in total. The Labute approximate surface area is 140 Å². The Morgan fingerprint density at radius 1 is 1.35 bits per heavy atom. The standard InChI is InChI=1S/C17H24N2O3S/c1-5-8-10-13-15(20)19-12(9-6-2)14(16(21)22-7-3)11(4)18-17(19)23-13/h10,12H,5-9H2,1-4H3/b13-10-/t12-/m1/s1. The minimum atomic E-state index is -0.366. The molecule has 0 saturated heterocycles. The summed E-state index contributed by atoms with van der Waals surface area (Å²) in [6, 6.07) is -0.279. The van der Waals surface area contributed by atoms with Crippen molar-refractivity contribution in [2.75, 3.05) is 6.61 Å². The van der Waals surface area contributed by atoms with Crippen LogP contribution in [-0.2, 0) is 9.53 Å². The van der Waals surface area contributed by atoms with Gasteiger partial charge in [-0.3, -0.25) is 9.36 Å². The lowest BCUT2D eigenvalue weighted by atomic mass is 9.99. The Balaban J connectivity index is 2.62. The van der Waals surface area contributed by atoms with E-state index in [1.165, 1.54) is 11.3 Å². The summed E-state index contributed by atoms with van der Waals surface area (Å²) in [5.74, 6) is -0.366. The first-order valence-electron chi connectivity index (χ1n) is 8.23. The zero-order chi connectivity index (χ0) is 17.0. The molecule has 0 radical (unpaired) electrons. The van der Waals surface area contributed by atoms with Crippen molar-refractivity contribution in [3.05, 3.63) is 31.0 Å². The van der Waals surface area contributed by atoms with Crippen LogP contribution in [0, 0.1) is 0 Å². The van der Waals surface area contributed by atoms with Crippen molar-refractivity contribution in [3.8, 4) is 0 Å². The van der Waals surface area contributed by atoms with Crippen molar-refractivity contribution in [2.45, 2.75) is 59.4 Å². The number of rotatable bonds is 6. The summed E-state index contributed by atoms with van der Waals surface area (Å²) in [5, 5.41) is 0. The first kappa shape index (κ1) is 17.7. The maximum Gasteiger partial charge on any atom is 0.337 e. The molecule has 0 spiro atoms. The molecule has 1 aliphatic heterocycles. The van der Waals surface area contributed by atoms with Gasteiger partial charge in [0.15, 0.2) is 4.80 Å². The summed E-state index contributed by atoms with van der Waals surface area (Å²) in [6.07, 6.45) is 5.42. The van der Waals surface area contributed by atoms with E-state index in [-0.39, 0.29) is 17.6 Å². The molecule has 23 heavy (non-hydrogen) atoms. The number of allylic oxidation sites excluding steroid dienone is 1. The molecule has 6 heteroatoms. The van der Waals surface area contributed by atoms with Crippen molar-refractivity contribution >= 4 is 23.4 Å². The van der Waals surface area contributed by atoms with Gasteiger partial charge in [-0.05, 0) is 26.7 Å². The lowest BCUT2D eigenvalue weighted by Gasteiger charge is -2.23. The summed E-state index contributed by atoms with van der Waals surface area (Å²) in [5.41, 5.74) is 1.13. The first-order chi connectivity index (χ1) is 11.0. The molecule has 1 aromatic rings. The Bertz CT molecular complexity index is 786. The Hall–Kier alpha value is -1.69. The van der Waals surface area contributed by atoms with Crippen LogP contribution in [-0.4, -0.2) is 17.1 Å². The van der Waals surface area contributed by atoms with Crippen LogP contribution in [0.4, 0.5) is 0 Å². The molecule has 2 rings (SSSR count). The number of fused-ring (bicyclic) bond motifs is 1. The zero-order valence-electron chi connectivity index (χ0n) is 14.2. The van der Waals surface area contributed by atoms with E-state index in [0.29, 0.717) is 27.2 Å². The highest BCUT2D eigenvalue weighted by Gasteiger charge is 2.31. The minimum absolute atomic E-state index is 0.0463. The quantitative estimate of drug-likeness (QED) is 0.749. The molecule has 126 valence electrons. The molecule has 1 atom stereocenters. The average molecular weight is 336 g/mol. The number of aromatic nitrogens is 1. The van der Waals surface area contributed by atoms with Crippen molar-refractivity contribution in [1.29, 1.82) is 0 Å². The number of esters is 1. The highest BCUT2D eigenvalue weighted by Crippen LogP contribution is 2.27. The maximum atomic E-state index is 12.7. The van der Waals surface area contributed by atoms with Gasteiger partial charge in [0.1, 0.15) is 0 Å². The highest BCUT2D eigenvalue weighted by atomic mass is 32.1. The topological polar surface area (TPSA) is 60.7 Å². The third kappa shape index (κ3) is 3.47. The van der Waals surface area contributed by atoms with E-state index in [2.05, 4.69) is 11.9 Å². The van der Waals surface area contributed by atoms with E-state index in [0.717, 1.165) is 25.7 Å². The molecule has 0 aliphatic carbocycles. The Morgan fingerprint density at radius 3 is 2.70 bits per heavy atom. The fraction of sp³-hybridized carbons (Fsp3) is 0.588. The van der Waals surface area contributed by atoms with Crippen LogP contribution < -0.4 is 14.9 Å². The molecule has 0 fully saturated rings. The molecule has 5 nitrogen and oxygen atoms in total. The Kier molecular flexibility index (Phi) is 5.93. The number of carbonyl (C=O) groups excluding carboxylic acids is 1. The number of ether oxygens (including phenoxy) is 1. The SMILES string of the molecule is CCC/C=c1\sc2n(c1=O)[C@H](CCC)C(C(=O)OCC)=C(C)N=2. The van der Waals surface area contributed by atoms with Crippen LogP contribution >= 0.6 is 11.3 Å². The molecule has 0 amide bonds. The first-order valence-corrected chi connectivity index (χ1v) is 9.04. The van der Waals surface area contributed by atoms with Crippen molar-refractivity contribution in [3.63, 3.8) is 0 Å². The lowest BCUT2D eigenvalue weighted by molar-refractivity contribution is -0.139. The van der Waals surface area contributed by atoms with Crippen molar-refractivity contribution in [2.24, 2.45) is 4.99 Å². The normalized spacial score (nSPS) is 17.9. The monoisotopic (exact) mass is 336 g/mol. The number of hydrogen-bond acceptors (Lipinski definition) is 5. The van der Waals surface area contributed by atoms with E-state index < -0.39 is 0 Å². The third-order valence-electron chi connectivity index (χ3n) is 3.81. The van der Waals surface area contributed by atoms with Gasteiger partial charge in [-0.25, -0.2) is 9.79 Å². The summed E-state index contributed by atoms with van der Waals surface area (Å²) in [4.78, 5) is 30.3. The van der Waals surface area contributed by atoms with Gasteiger partial charge in [-0.2, -0.15) is 0 Å². The van der Waals surface area contributed by atoms with Crippen LogP contribution in [0.2, 0.25) is 0 Å². The number of carbonyl (C=O) groups is 1. The van der Waals surface area contributed by atoms with Crippen molar-refractivity contribution in [1.82, 2.24) is 4.57 Å². The molecule has 2 heterocycles. The van der Waals surface area contributed by atoms with Crippen LogP contribution in [0.3, 0.4) is 0 Å². The molecule has 0 bridgehead atoms. The van der Waals surface area contributed by atoms with E-state index in [1.807, 2.05) is 19.9 Å². The molecule has 1 aromatic heterocycles. The molecular weight excluding hydrogens is 312 g/mol. The third-order valence-corrected chi connectivity index (χ3v) is 4.84. The minimum Gasteiger partial charge on any atom is -0.463 e. The van der Waals surface area contributed by atoms with Crippen LogP contribution in [0.25, 0.3) is 6.08 Å². The van der Waals surface area contributed by atoms with Gasteiger partial charge in [0, 0.05) is 0 Å². The summed E-state index contributed by atoms with van der Waals surface area (Å²) >= 11 is 1.40. The molecule has 1 aliphatic rings. The van der Waals surface area contributed by atoms with E-state index in [9.17, 15) is 9.59 Å². The number of hydrogen-bond donors (Lipinski definition) is 0. The van der Waals surface area contributed by atoms with Gasteiger partial charge < -0.3 is 4.74 Å². The largest absolute Gasteiger partial charge is 0.463 e. The molecular formula is C17H24N2O3S.